The van der Waals surface area contributed by atoms with Crippen LogP contribution in [0.4, 0.5) is 0 Å². The van der Waals surface area contributed by atoms with Gasteiger partial charge in [0.25, 0.3) is 0 Å². The van der Waals surface area contributed by atoms with Crippen LogP contribution in [0.2, 0.25) is 0 Å². The molecule has 2 aliphatic rings. The summed E-state index contributed by atoms with van der Waals surface area (Å²) in [6.45, 7) is 3.47. The lowest BCUT2D eigenvalue weighted by Gasteiger charge is -2.32. The maximum absolute atomic E-state index is 12.6. The summed E-state index contributed by atoms with van der Waals surface area (Å²) < 4.78 is 0. The Balaban J connectivity index is 2.01. The molecule has 214 valence electrons. The second-order valence-electron chi connectivity index (χ2n) is 9.62. The first-order valence-electron chi connectivity index (χ1n) is 12.6. The Bertz CT molecular complexity index is 853. The fraction of sp³-hybridized carbons (Fsp3) is 0.739. The lowest BCUT2D eigenvalue weighted by Crippen LogP contribution is -2.50. The lowest BCUT2D eigenvalue weighted by atomic mass is 10.1. The molecule has 4 N–H and O–H groups in total. The number of nitrogens with one attached hydrogen (secondary N) is 1. The molecule has 2 aliphatic heterocycles. The summed E-state index contributed by atoms with van der Waals surface area (Å²) >= 11 is 0. The highest BCUT2D eigenvalue weighted by atomic mass is 16.4. The highest BCUT2D eigenvalue weighted by molar-refractivity contribution is 6.03. The van der Waals surface area contributed by atoms with Gasteiger partial charge in [0.2, 0.25) is 17.7 Å². The number of aliphatic carboxylic acids is 3. The van der Waals surface area contributed by atoms with Crippen LogP contribution in [-0.2, 0) is 28.8 Å². The van der Waals surface area contributed by atoms with Gasteiger partial charge < -0.3 is 20.6 Å². The van der Waals surface area contributed by atoms with Crippen LogP contribution in [0.5, 0.6) is 0 Å². The van der Waals surface area contributed by atoms with Gasteiger partial charge in [-0.15, -0.1) is 0 Å². The number of carboxylic acids is 3. The number of nitrogens with zero attached hydrogens (tertiary/aromatic N) is 5. The summed E-state index contributed by atoms with van der Waals surface area (Å²) in [6.07, 6.45) is 0.161. The molecule has 0 aromatic rings. The van der Waals surface area contributed by atoms with Gasteiger partial charge in [-0.2, -0.15) is 0 Å². The van der Waals surface area contributed by atoms with Crippen molar-refractivity contribution in [2.75, 3.05) is 91.6 Å². The third-order valence-electron chi connectivity index (χ3n) is 6.50. The SMILES string of the molecule is CC1CC(=O)N(CCNC(=O)CN2CCN(CC(=O)O)CCN(CC(=O)O)CCN(CC(=O)O)CC2)C1=O. The van der Waals surface area contributed by atoms with Gasteiger partial charge in [0.1, 0.15) is 0 Å². The van der Waals surface area contributed by atoms with Gasteiger partial charge >= 0.3 is 17.9 Å². The van der Waals surface area contributed by atoms with Crippen molar-refractivity contribution < 1.29 is 44.1 Å². The van der Waals surface area contributed by atoms with Gasteiger partial charge in [0, 0.05) is 77.8 Å². The summed E-state index contributed by atoms with van der Waals surface area (Å²) in [6, 6.07) is 0. The molecule has 2 fully saturated rings. The molecule has 1 atom stereocenters. The van der Waals surface area contributed by atoms with Gasteiger partial charge in [-0.1, -0.05) is 6.92 Å². The number of carboxylic acid groups (broad SMARTS) is 3. The first-order valence-corrected chi connectivity index (χ1v) is 12.6. The van der Waals surface area contributed by atoms with Crippen LogP contribution < -0.4 is 5.32 Å². The Labute approximate surface area is 220 Å². The maximum atomic E-state index is 12.6. The van der Waals surface area contributed by atoms with Crippen molar-refractivity contribution in [1.29, 1.82) is 0 Å². The van der Waals surface area contributed by atoms with Gasteiger partial charge in [0.15, 0.2) is 0 Å². The molecule has 15 nitrogen and oxygen atoms in total. The van der Waals surface area contributed by atoms with E-state index in [4.69, 9.17) is 0 Å². The van der Waals surface area contributed by atoms with Crippen LogP contribution in [0.15, 0.2) is 0 Å². The van der Waals surface area contributed by atoms with E-state index in [1.165, 1.54) is 0 Å². The smallest absolute Gasteiger partial charge is 0.317 e. The van der Waals surface area contributed by atoms with E-state index in [2.05, 4.69) is 5.32 Å². The molecule has 1 unspecified atom stereocenters. The van der Waals surface area contributed by atoms with Crippen molar-refractivity contribution in [2.24, 2.45) is 5.92 Å². The number of carbonyl (C=O) groups excluding carboxylic acids is 3. The summed E-state index contributed by atoms with van der Waals surface area (Å²) in [5.41, 5.74) is 0. The highest BCUT2D eigenvalue weighted by Crippen LogP contribution is 2.17. The number of amides is 3. The fourth-order valence-corrected chi connectivity index (χ4v) is 4.43. The average Bonchev–Trinajstić information content (AvgIpc) is 3.05. The van der Waals surface area contributed by atoms with Crippen LogP contribution >= 0.6 is 0 Å². The molecule has 0 saturated carbocycles. The quantitative estimate of drug-likeness (QED) is 0.193. The Morgan fingerprint density at radius 2 is 1.08 bits per heavy atom. The van der Waals surface area contributed by atoms with Gasteiger partial charge in [-0.25, -0.2) is 0 Å². The van der Waals surface area contributed by atoms with Crippen LogP contribution in [-0.4, -0.2) is 167 Å². The van der Waals surface area contributed by atoms with E-state index in [0.29, 0.717) is 26.2 Å². The van der Waals surface area contributed by atoms with E-state index >= 15 is 0 Å². The topological polar surface area (TPSA) is 191 Å². The Morgan fingerprint density at radius 1 is 0.711 bits per heavy atom. The van der Waals surface area contributed by atoms with E-state index in [1.54, 1.807) is 26.5 Å². The van der Waals surface area contributed by atoms with Crippen molar-refractivity contribution >= 4 is 35.6 Å². The zero-order valence-electron chi connectivity index (χ0n) is 21.7. The fourth-order valence-electron chi connectivity index (χ4n) is 4.43. The molecular weight excluding hydrogens is 504 g/mol. The number of carbonyl (C=O) groups is 6. The molecule has 2 saturated heterocycles. The van der Waals surface area contributed by atoms with Crippen LogP contribution in [0.25, 0.3) is 0 Å². The standard InChI is InChI=1S/C23H38N6O9/c1-17-12-19(31)29(23(17)38)3-2-24-18(30)13-25-4-6-26(14-20(32)33)8-10-28(16-22(36)37)11-9-27(7-5-25)15-21(34)35/h17H,2-16H2,1H3,(H,24,30)(H,32,33)(H,34,35)(H,36,37). The molecule has 2 rings (SSSR count). The van der Waals surface area contributed by atoms with Gasteiger partial charge in [0.05, 0.1) is 26.2 Å². The molecule has 0 aliphatic carbocycles. The van der Waals surface area contributed by atoms with Crippen molar-refractivity contribution in [3.05, 3.63) is 0 Å². The molecule has 0 aromatic carbocycles. The minimum absolute atomic E-state index is 0.0365. The third-order valence-corrected chi connectivity index (χ3v) is 6.50. The maximum Gasteiger partial charge on any atom is 0.317 e. The zero-order valence-corrected chi connectivity index (χ0v) is 21.7. The Morgan fingerprint density at radius 3 is 1.39 bits per heavy atom. The highest BCUT2D eigenvalue weighted by Gasteiger charge is 2.35. The third kappa shape index (κ3) is 11.1. The molecule has 2 heterocycles. The molecule has 3 amide bonds. The van der Waals surface area contributed by atoms with Crippen molar-refractivity contribution in [1.82, 2.24) is 29.8 Å². The van der Waals surface area contributed by atoms with E-state index in [-0.39, 0.29) is 95.5 Å². The average molecular weight is 543 g/mol. The molecular formula is C23H38N6O9. The number of likely N-dealkylation sites (tertiary alicyclic amines) is 1. The van der Waals surface area contributed by atoms with Crippen molar-refractivity contribution in [2.45, 2.75) is 13.3 Å². The molecule has 0 spiro atoms. The summed E-state index contributed by atoms with van der Waals surface area (Å²) in [5, 5.41) is 30.5. The molecule has 38 heavy (non-hydrogen) atoms. The normalized spacial score (nSPS) is 21.6. The van der Waals surface area contributed by atoms with Gasteiger partial charge in [-0.3, -0.25) is 53.3 Å². The van der Waals surface area contributed by atoms with E-state index in [9.17, 15) is 44.1 Å². The molecule has 0 radical (unpaired) electrons. The van der Waals surface area contributed by atoms with E-state index in [0.717, 1.165) is 4.90 Å². The minimum Gasteiger partial charge on any atom is -0.480 e. The van der Waals surface area contributed by atoms with Crippen molar-refractivity contribution in [3.8, 4) is 0 Å². The minimum atomic E-state index is -1.03. The zero-order chi connectivity index (χ0) is 28.2. The molecule has 0 bridgehead atoms. The van der Waals surface area contributed by atoms with Crippen LogP contribution in [0, 0.1) is 5.92 Å². The first-order chi connectivity index (χ1) is 17.9. The second kappa shape index (κ2) is 15.3. The second-order valence-corrected chi connectivity index (χ2v) is 9.62. The summed E-state index contributed by atoms with van der Waals surface area (Å²) in [5.74, 6) is -4.31. The largest absolute Gasteiger partial charge is 0.480 e. The first kappa shape index (κ1) is 31.1. The van der Waals surface area contributed by atoms with Crippen LogP contribution in [0.1, 0.15) is 13.3 Å². The van der Waals surface area contributed by atoms with E-state index in [1.807, 2.05) is 0 Å². The van der Waals surface area contributed by atoms with Gasteiger partial charge in [-0.05, 0) is 0 Å². The van der Waals surface area contributed by atoms with Crippen LogP contribution in [0.3, 0.4) is 0 Å². The Hall–Kier alpha value is -3.14. The Kier molecular flexibility index (Phi) is 12.5. The monoisotopic (exact) mass is 542 g/mol. The predicted molar refractivity (Wildman–Crippen MR) is 132 cm³/mol. The number of hydrogen-bond donors (Lipinski definition) is 4. The summed E-state index contributed by atoms with van der Waals surface area (Å²) in [7, 11) is 0. The number of hydrogen-bond acceptors (Lipinski definition) is 10. The number of imide groups is 1. The predicted octanol–water partition coefficient (Wildman–Crippen LogP) is -3.03. The van der Waals surface area contributed by atoms with E-state index < -0.39 is 17.9 Å². The van der Waals surface area contributed by atoms with Crippen molar-refractivity contribution in [3.63, 3.8) is 0 Å². The summed E-state index contributed by atoms with van der Waals surface area (Å²) in [4.78, 5) is 78.5. The molecule has 15 heteroatoms. The lowest BCUT2D eigenvalue weighted by molar-refractivity contribution is -0.140. The molecule has 0 aromatic heterocycles. The number of rotatable bonds is 11.